The van der Waals surface area contributed by atoms with Gasteiger partial charge in [0.05, 0.1) is 15.5 Å². The molecule has 0 fully saturated rings. The summed E-state index contributed by atoms with van der Waals surface area (Å²) >= 11 is 1.14. The lowest BCUT2D eigenvalue weighted by Crippen LogP contribution is -2.17. The molecule has 1 heterocycles. The van der Waals surface area contributed by atoms with E-state index in [0.717, 1.165) is 41.2 Å². The van der Waals surface area contributed by atoms with E-state index < -0.39 is 22.1 Å². The summed E-state index contributed by atoms with van der Waals surface area (Å²) in [6.45, 7) is 1.32. The Morgan fingerprint density at radius 1 is 1.03 bits per heavy atom. The molecule has 0 atom stereocenters. The van der Waals surface area contributed by atoms with Crippen LogP contribution >= 0.6 is 11.3 Å². The van der Waals surface area contributed by atoms with Crippen LogP contribution in [0.1, 0.15) is 16.6 Å². The number of rotatable bonds is 6. The second kappa shape index (κ2) is 7.88. The van der Waals surface area contributed by atoms with E-state index in [2.05, 4.69) is 9.46 Å². The average molecular weight is 441 g/mol. The number of alkyl halides is 3. The molecule has 0 aliphatic heterocycles. The molecule has 1 aromatic heterocycles. The van der Waals surface area contributed by atoms with Gasteiger partial charge in [-0.25, -0.2) is 8.42 Å². The highest BCUT2D eigenvalue weighted by Gasteiger charge is 2.31. The van der Waals surface area contributed by atoms with Gasteiger partial charge < -0.3 is 4.74 Å². The molecule has 2 aromatic carbocycles. The minimum absolute atomic E-state index is 0.108. The lowest BCUT2D eigenvalue weighted by Gasteiger charge is -2.10. The second-order valence-electron chi connectivity index (χ2n) is 5.90. The Morgan fingerprint density at radius 3 is 2.21 bits per heavy atom. The molecule has 1 N–H and O–H groups in total. The van der Waals surface area contributed by atoms with Crippen molar-refractivity contribution in [3.8, 4) is 16.2 Å². The third-order valence-corrected chi connectivity index (χ3v) is 6.39. The van der Waals surface area contributed by atoms with Gasteiger partial charge in [-0.05, 0) is 35.9 Å². The summed E-state index contributed by atoms with van der Waals surface area (Å²) < 4.78 is 68.1. The SMILES string of the molecule is CC(=O)c1sc(-c2ccccc2)cc1NS(=O)(=O)c1ccc(OC(F)(F)F)cc1. The molecule has 10 heteroatoms. The number of ketones is 1. The lowest BCUT2D eigenvalue weighted by molar-refractivity contribution is -0.274. The van der Waals surface area contributed by atoms with Gasteiger partial charge in [0.1, 0.15) is 5.75 Å². The highest BCUT2D eigenvalue weighted by molar-refractivity contribution is 7.92. The lowest BCUT2D eigenvalue weighted by atomic mass is 10.2. The first-order valence-corrected chi connectivity index (χ1v) is 10.4. The molecule has 152 valence electrons. The number of carbonyl (C=O) groups is 1. The van der Waals surface area contributed by atoms with Gasteiger partial charge >= 0.3 is 6.36 Å². The van der Waals surface area contributed by atoms with Crippen LogP contribution in [0.4, 0.5) is 18.9 Å². The minimum Gasteiger partial charge on any atom is -0.406 e. The van der Waals surface area contributed by atoms with Crippen LogP contribution in [-0.2, 0) is 10.0 Å². The summed E-state index contributed by atoms with van der Waals surface area (Å²) in [5.74, 6) is -0.855. The maximum atomic E-state index is 12.6. The maximum absolute atomic E-state index is 12.6. The van der Waals surface area contributed by atoms with Gasteiger partial charge in [-0.2, -0.15) is 0 Å². The van der Waals surface area contributed by atoms with E-state index >= 15 is 0 Å². The summed E-state index contributed by atoms with van der Waals surface area (Å²) in [6.07, 6.45) is -4.88. The Hall–Kier alpha value is -2.85. The number of hydrogen-bond acceptors (Lipinski definition) is 5. The predicted molar refractivity (Wildman–Crippen MR) is 104 cm³/mol. The third-order valence-electron chi connectivity index (χ3n) is 3.72. The summed E-state index contributed by atoms with van der Waals surface area (Å²) in [5, 5.41) is 0. The summed E-state index contributed by atoms with van der Waals surface area (Å²) in [5.41, 5.74) is 0.927. The molecular weight excluding hydrogens is 427 g/mol. The minimum atomic E-state index is -4.88. The zero-order valence-electron chi connectivity index (χ0n) is 14.9. The van der Waals surface area contributed by atoms with Gasteiger partial charge in [-0.1, -0.05) is 30.3 Å². The molecule has 3 aromatic rings. The van der Waals surface area contributed by atoms with E-state index in [1.54, 1.807) is 6.07 Å². The van der Waals surface area contributed by atoms with Gasteiger partial charge in [0, 0.05) is 11.8 Å². The average Bonchev–Trinajstić information content (AvgIpc) is 3.05. The van der Waals surface area contributed by atoms with Gasteiger partial charge in [-0.3, -0.25) is 9.52 Å². The number of anilines is 1. The van der Waals surface area contributed by atoms with E-state index in [-0.39, 0.29) is 21.2 Å². The van der Waals surface area contributed by atoms with Crippen molar-refractivity contribution in [1.29, 1.82) is 0 Å². The molecule has 29 heavy (non-hydrogen) atoms. The molecule has 0 amide bonds. The molecule has 0 saturated carbocycles. The maximum Gasteiger partial charge on any atom is 0.573 e. The number of sulfonamides is 1. The molecule has 0 spiro atoms. The van der Waals surface area contributed by atoms with Crippen LogP contribution in [0.15, 0.2) is 65.6 Å². The van der Waals surface area contributed by atoms with Crippen molar-refractivity contribution in [2.75, 3.05) is 4.72 Å². The van der Waals surface area contributed by atoms with Crippen LogP contribution in [0.5, 0.6) is 5.75 Å². The van der Waals surface area contributed by atoms with Crippen LogP contribution in [0, 0.1) is 0 Å². The first kappa shape index (κ1) is 20.9. The van der Waals surface area contributed by atoms with Crippen LogP contribution in [-0.4, -0.2) is 20.6 Å². The number of Topliss-reactive ketones (excluding diaryl/α,β-unsaturated/α-hetero) is 1. The molecular formula is C19H14F3NO4S2. The highest BCUT2D eigenvalue weighted by atomic mass is 32.2. The number of nitrogens with one attached hydrogen (secondary N) is 1. The van der Waals surface area contributed by atoms with E-state index in [1.165, 1.54) is 6.92 Å². The largest absolute Gasteiger partial charge is 0.573 e. The van der Waals surface area contributed by atoms with Crippen LogP contribution in [0.2, 0.25) is 0 Å². The summed E-state index contributed by atoms with van der Waals surface area (Å²) in [7, 11) is -4.13. The van der Waals surface area contributed by atoms with Gasteiger partial charge in [0.15, 0.2) is 5.78 Å². The predicted octanol–water partition coefficient (Wildman–Crippen LogP) is 5.32. The fourth-order valence-electron chi connectivity index (χ4n) is 2.50. The monoisotopic (exact) mass is 441 g/mol. The number of carbonyl (C=O) groups excluding carboxylic acids is 1. The van der Waals surface area contributed by atoms with Crippen molar-refractivity contribution in [2.45, 2.75) is 18.2 Å². The molecule has 3 rings (SSSR count). The number of halogens is 3. The topological polar surface area (TPSA) is 72.5 Å². The number of thiophene rings is 1. The van der Waals surface area contributed by atoms with Gasteiger partial charge in [-0.15, -0.1) is 24.5 Å². The fraction of sp³-hybridized carbons (Fsp3) is 0.105. The Morgan fingerprint density at radius 2 is 1.66 bits per heavy atom. The normalized spacial score (nSPS) is 11.9. The third kappa shape index (κ3) is 5.15. The van der Waals surface area contributed by atoms with Gasteiger partial charge in [0.25, 0.3) is 10.0 Å². The number of hydrogen-bond donors (Lipinski definition) is 1. The standard InChI is InChI=1S/C19H14F3NO4S2/c1-12(24)18-16(11-17(28-18)13-5-3-2-4-6-13)23-29(25,26)15-9-7-14(8-10-15)27-19(20,21)22/h2-11,23H,1H3. The first-order valence-electron chi connectivity index (χ1n) is 8.14. The van der Waals surface area contributed by atoms with Crippen molar-refractivity contribution in [3.05, 3.63) is 65.5 Å². The zero-order chi connectivity index (χ0) is 21.2. The van der Waals surface area contributed by atoms with Gasteiger partial charge in [0.2, 0.25) is 0 Å². The van der Waals surface area contributed by atoms with E-state index in [1.807, 2.05) is 30.3 Å². The Labute approximate surface area is 168 Å². The van der Waals surface area contributed by atoms with Crippen molar-refractivity contribution in [3.63, 3.8) is 0 Å². The molecule has 5 nitrogen and oxygen atoms in total. The molecule has 0 bridgehead atoms. The first-order chi connectivity index (χ1) is 13.5. The van der Waals surface area contributed by atoms with Crippen molar-refractivity contribution >= 4 is 32.8 Å². The highest BCUT2D eigenvalue weighted by Crippen LogP contribution is 2.36. The Balaban J connectivity index is 1.90. The summed E-state index contributed by atoms with van der Waals surface area (Å²) in [6, 6.07) is 14.4. The zero-order valence-corrected chi connectivity index (χ0v) is 16.5. The molecule has 0 aliphatic carbocycles. The Bertz CT molecular complexity index is 1120. The van der Waals surface area contributed by atoms with Crippen LogP contribution < -0.4 is 9.46 Å². The number of ether oxygens (including phenoxy) is 1. The fourth-order valence-corrected chi connectivity index (χ4v) is 4.64. The quantitative estimate of drug-likeness (QED) is 0.526. The van der Waals surface area contributed by atoms with E-state index in [0.29, 0.717) is 4.88 Å². The molecule has 0 saturated heterocycles. The van der Waals surface area contributed by atoms with E-state index in [9.17, 15) is 26.4 Å². The van der Waals surface area contributed by atoms with E-state index in [4.69, 9.17) is 0 Å². The molecule has 0 radical (unpaired) electrons. The van der Waals surface area contributed by atoms with Crippen molar-refractivity contribution in [1.82, 2.24) is 0 Å². The second-order valence-corrected chi connectivity index (χ2v) is 8.63. The summed E-state index contributed by atoms with van der Waals surface area (Å²) in [4.78, 5) is 12.6. The smallest absolute Gasteiger partial charge is 0.406 e. The van der Waals surface area contributed by atoms with Crippen LogP contribution in [0.25, 0.3) is 10.4 Å². The van der Waals surface area contributed by atoms with Crippen LogP contribution in [0.3, 0.4) is 0 Å². The molecule has 0 aliphatic rings. The van der Waals surface area contributed by atoms with Crippen molar-refractivity contribution < 1.29 is 31.1 Å². The number of benzene rings is 2. The molecule has 0 unspecified atom stereocenters. The van der Waals surface area contributed by atoms with Crippen molar-refractivity contribution in [2.24, 2.45) is 0 Å². The Kier molecular flexibility index (Phi) is 5.67.